The second-order valence-electron chi connectivity index (χ2n) is 6.06. The highest BCUT2D eigenvalue weighted by molar-refractivity contribution is 6.37. The van der Waals surface area contributed by atoms with Crippen molar-refractivity contribution in [3.63, 3.8) is 0 Å². The third-order valence-corrected chi connectivity index (χ3v) is 4.19. The molecule has 2 rings (SSSR count). The lowest BCUT2D eigenvalue weighted by Gasteiger charge is -2.48. The van der Waals surface area contributed by atoms with E-state index in [1.807, 2.05) is 4.90 Å². The summed E-state index contributed by atoms with van der Waals surface area (Å²) < 4.78 is 0. The fourth-order valence-electron chi connectivity index (χ4n) is 2.26. The molecule has 1 aliphatic heterocycles. The Morgan fingerprint density at radius 1 is 1.32 bits per heavy atom. The predicted octanol–water partition coefficient (Wildman–Crippen LogP) is 4.17. The number of benzene rings is 1. The summed E-state index contributed by atoms with van der Waals surface area (Å²) in [4.78, 5) is 13.3. The molecule has 0 unspecified atom stereocenters. The average molecular weight is 302 g/mol. The zero-order valence-corrected chi connectivity index (χ0v) is 12.7. The van der Waals surface area contributed by atoms with Gasteiger partial charge < -0.3 is 10.0 Å². The highest BCUT2D eigenvalue weighted by Gasteiger charge is 2.38. The fourth-order valence-corrected chi connectivity index (χ4v) is 2.87. The van der Waals surface area contributed by atoms with Crippen molar-refractivity contribution in [1.29, 1.82) is 0 Å². The number of nitrogens with zero attached hydrogens (tertiary/aromatic N) is 1. The third-order valence-electron chi connectivity index (χ3n) is 3.68. The summed E-state index contributed by atoms with van der Waals surface area (Å²) >= 11 is 12.0. The topological polar surface area (TPSA) is 40.5 Å². The Morgan fingerprint density at radius 3 is 2.37 bits per heavy atom. The number of hydrogen-bond acceptors (Lipinski definition) is 2. The zero-order chi connectivity index (χ0) is 14.4. The molecule has 1 heterocycles. The molecular formula is C14H17Cl2NO2. The van der Waals surface area contributed by atoms with Crippen LogP contribution in [0.1, 0.15) is 31.1 Å². The van der Waals surface area contributed by atoms with E-state index < -0.39 is 5.97 Å². The van der Waals surface area contributed by atoms with Gasteiger partial charge in [-0.1, -0.05) is 44.0 Å². The Labute approximate surface area is 123 Å². The van der Waals surface area contributed by atoms with Crippen molar-refractivity contribution in [2.24, 2.45) is 11.3 Å². The van der Waals surface area contributed by atoms with E-state index in [4.69, 9.17) is 23.2 Å². The summed E-state index contributed by atoms with van der Waals surface area (Å²) in [6.07, 6.45) is 0. The molecule has 0 bridgehead atoms. The summed E-state index contributed by atoms with van der Waals surface area (Å²) in [6, 6.07) is 3.05. The van der Waals surface area contributed by atoms with Crippen molar-refractivity contribution in [3.8, 4) is 0 Å². The highest BCUT2D eigenvalue weighted by Crippen LogP contribution is 2.41. The van der Waals surface area contributed by atoms with E-state index in [1.165, 1.54) is 6.07 Å². The minimum Gasteiger partial charge on any atom is -0.478 e. The molecule has 1 N–H and O–H groups in total. The Morgan fingerprint density at radius 2 is 1.89 bits per heavy atom. The summed E-state index contributed by atoms with van der Waals surface area (Å²) in [5, 5.41) is 10.0. The fraction of sp³-hybridized carbons (Fsp3) is 0.500. The van der Waals surface area contributed by atoms with Crippen LogP contribution in [0.15, 0.2) is 12.1 Å². The van der Waals surface area contributed by atoms with Crippen molar-refractivity contribution in [2.75, 3.05) is 18.0 Å². The van der Waals surface area contributed by atoms with Crippen molar-refractivity contribution < 1.29 is 9.90 Å². The van der Waals surface area contributed by atoms with Crippen LogP contribution in [0.3, 0.4) is 0 Å². The lowest BCUT2D eigenvalue weighted by molar-refractivity contribution is 0.0697. The molecule has 1 aromatic carbocycles. The van der Waals surface area contributed by atoms with Gasteiger partial charge in [0, 0.05) is 18.1 Å². The number of rotatable bonds is 2. The molecule has 5 heteroatoms. The van der Waals surface area contributed by atoms with Gasteiger partial charge in [0.1, 0.15) is 0 Å². The van der Waals surface area contributed by atoms with E-state index >= 15 is 0 Å². The summed E-state index contributed by atoms with van der Waals surface area (Å²) in [5.41, 5.74) is 0.975. The van der Waals surface area contributed by atoms with E-state index in [2.05, 4.69) is 20.8 Å². The van der Waals surface area contributed by atoms with Crippen molar-refractivity contribution in [3.05, 3.63) is 27.7 Å². The van der Waals surface area contributed by atoms with Crippen LogP contribution in [0.2, 0.25) is 10.0 Å². The molecule has 0 aromatic heterocycles. The largest absolute Gasteiger partial charge is 0.478 e. The van der Waals surface area contributed by atoms with Crippen molar-refractivity contribution in [2.45, 2.75) is 20.8 Å². The number of halogens is 2. The van der Waals surface area contributed by atoms with Gasteiger partial charge in [-0.2, -0.15) is 0 Å². The summed E-state index contributed by atoms with van der Waals surface area (Å²) in [6.45, 7) is 8.22. The number of carboxylic acids is 1. The Hall–Kier alpha value is -0.930. The first-order chi connectivity index (χ1) is 8.70. The molecule has 1 fully saturated rings. The lowest BCUT2D eigenvalue weighted by Crippen LogP contribution is -2.52. The molecule has 19 heavy (non-hydrogen) atoms. The first kappa shape index (κ1) is 14.5. The van der Waals surface area contributed by atoms with Gasteiger partial charge in [-0.05, 0) is 23.5 Å². The molecule has 1 aliphatic rings. The van der Waals surface area contributed by atoms with Gasteiger partial charge >= 0.3 is 5.97 Å². The van der Waals surface area contributed by atoms with Crippen LogP contribution in [0.4, 0.5) is 5.69 Å². The molecule has 0 amide bonds. The van der Waals surface area contributed by atoms with E-state index in [-0.39, 0.29) is 11.0 Å². The van der Waals surface area contributed by atoms with Gasteiger partial charge in [0.2, 0.25) is 0 Å². The Balaban J connectivity index is 2.30. The van der Waals surface area contributed by atoms with Crippen LogP contribution < -0.4 is 4.90 Å². The smallest absolute Gasteiger partial charge is 0.337 e. The van der Waals surface area contributed by atoms with Gasteiger partial charge in [0.25, 0.3) is 0 Å². The average Bonchev–Trinajstić information content (AvgIpc) is 2.15. The van der Waals surface area contributed by atoms with Crippen LogP contribution in [0.25, 0.3) is 0 Å². The quantitative estimate of drug-likeness (QED) is 0.891. The minimum atomic E-state index is -1.00. The summed E-state index contributed by atoms with van der Waals surface area (Å²) in [7, 11) is 0. The number of carbonyl (C=O) groups is 1. The maximum absolute atomic E-state index is 11.3. The van der Waals surface area contributed by atoms with Crippen molar-refractivity contribution >= 4 is 34.9 Å². The maximum Gasteiger partial charge on any atom is 0.337 e. The normalized spacial score (nSPS) is 16.4. The maximum atomic E-state index is 11.3. The van der Waals surface area contributed by atoms with Gasteiger partial charge in [-0.25, -0.2) is 4.79 Å². The molecule has 3 nitrogen and oxygen atoms in total. The molecular weight excluding hydrogens is 285 g/mol. The van der Waals surface area contributed by atoms with Crippen LogP contribution in [0.5, 0.6) is 0 Å². The molecule has 0 radical (unpaired) electrons. The Kier molecular flexibility index (Phi) is 3.72. The van der Waals surface area contributed by atoms with Crippen molar-refractivity contribution in [1.82, 2.24) is 0 Å². The second-order valence-corrected chi connectivity index (χ2v) is 6.90. The van der Waals surface area contributed by atoms with E-state index in [0.29, 0.717) is 21.7 Å². The van der Waals surface area contributed by atoms with Crippen LogP contribution in [-0.2, 0) is 0 Å². The number of hydrogen-bond donors (Lipinski definition) is 1. The molecule has 0 atom stereocenters. The molecule has 1 saturated heterocycles. The lowest BCUT2D eigenvalue weighted by atomic mass is 9.75. The highest BCUT2D eigenvalue weighted by atomic mass is 35.5. The second kappa shape index (κ2) is 4.88. The van der Waals surface area contributed by atoms with E-state index in [1.54, 1.807) is 6.07 Å². The zero-order valence-electron chi connectivity index (χ0n) is 11.2. The van der Waals surface area contributed by atoms with E-state index in [9.17, 15) is 9.90 Å². The SMILES string of the molecule is CC(C)(C)C1CN(c2c(Cl)cc(Cl)cc2C(=O)O)C1. The van der Waals surface area contributed by atoms with E-state index in [0.717, 1.165) is 13.1 Å². The van der Waals surface area contributed by atoms with Crippen LogP contribution in [0, 0.1) is 11.3 Å². The van der Waals surface area contributed by atoms with Crippen LogP contribution in [-0.4, -0.2) is 24.2 Å². The molecule has 0 spiro atoms. The van der Waals surface area contributed by atoms with Gasteiger partial charge in [-0.3, -0.25) is 0 Å². The van der Waals surface area contributed by atoms with Crippen LogP contribution >= 0.6 is 23.2 Å². The molecule has 104 valence electrons. The van der Waals surface area contributed by atoms with Gasteiger partial charge in [0.05, 0.1) is 16.3 Å². The monoisotopic (exact) mass is 301 g/mol. The molecule has 1 aromatic rings. The minimum absolute atomic E-state index is 0.171. The summed E-state index contributed by atoms with van der Waals surface area (Å²) in [5.74, 6) is -0.459. The standard InChI is InChI=1S/C14H17Cl2NO2/c1-14(2,3)8-6-17(7-8)12-10(13(18)19)4-9(15)5-11(12)16/h4-5,8H,6-7H2,1-3H3,(H,18,19). The third kappa shape index (κ3) is 2.82. The Bertz CT molecular complexity index is 517. The van der Waals surface area contributed by atoms with Gasteiger partial charge in [0.15, 0.2) is 0 Å². The predicted molar refractivity (Wildman–Crippen MR) is 78.6 cm³/mol. The molecule has 0 saturated carbocycles. The number of anilines is 1. The first-order valence-corrected chi connectivity index (χ1v) is 6.93. The number of carboxylic acid groups (broad SMARTS) is 1. The van der Waals surface area contributed by atoms with Gasteiger partial charge in [-0.15, -0.1) is 0 Å². The molecule has 0 aliphatic carbocycles. The first-order valence-electron chi connectivity index (χ1n) is 6.17. The number of aromatic carboxylic acids is 1.